The maximum absolute atomic E-state index is 13.2. The van der Waals surface area contributed by atoms with E-state index in [0.717, 1.165) is 38.6 Å². The maximum atomic E-state index is 13.2. The lowest BCUT2D eigenvalue weighted by Crippen LogP contribution is -2.27. The highest BCUT2D eigenvalue weighted by molar-refractivity contribution is 6.07. The maximum Gasteiger partial charge on any atom is 0.308 e. The Morgan fingerprint density at radius 1 is 0.973 bits per heavy atom. The molecule has 0 aliphatic carbocycles. The predicted octanol–water partition coefficient (Wildman–Crippen LogP) is 7.51. The van der Waals surface area contributed by atoms with E-state index in [0.29, 0.717) is 6.54 Å². The highest BCUT2D eigenvalue weighted by atomic mass is 16.6. The highest BCUT2D eigenvalue weighted by Gasteiger charge is 2.27. The Balaban J connectivity index is 1.97. The summed E-state index contributed by atoms with van der Waals surface area (Å²) in [6.45, 7) is 18.3. The molecule has 0 saturated carbocycles. The van der Waals surface area contributed by atoms with Gasteiger partial charge in [0.05, 0.1) is 23.7 Å². The summed E-state index contributed by atoms with van der Waals surface area (Å²) in [6, 6.07) is 12.8. The van der Waals surface area contributed by atoms with Gasteiger partial charge in [0.2, 0.25) is 0 Å². The number of rotatable bonds is 5. The van der Waals surface area contributed by atoms with E-state index in [1.54, 1.807) is 6.20 Å². The van der Waals surface area contributed by atoms with E-state index in [-0.39, 0.29) is 24.2 Å². The molecule has 2 aromatic carbocycles. The van der Waals surface area contributed by atoms with Crippen LogP contribution in [0.2, 0.25) is 0 Å². The second-order valence-corrected chi connectivity index (χ2v) is 12.3. The molecule has 4 aromatic rings. The second kappa shape index (κ2) is 9.47. The van der Waals surface area contributed by atoms with E-state index in [2.05, 4.69) is 66.8 Å². The van der Waals surface area contributed by atoms with Crippen molar-refractivity contribution >= 4 is 33.7 Å². The number of hydrogen-bond donors (Lipinski definition) is 0. The van der Waals surface area contributed by atoms with Gasteiger partial charge in [-0.3, -0.25) is 9.59 Å². The fourth-order valence-electron chi connectivity index (χ4n) is 4.83. The molecule has 0 radical (unpaired) electrons. The van der Waals surface area contributed by atoms with Crippen LogP contribution >= 0.6 is 0 Å². The first kappa shape index (κ1) is 26.6. The van der Waals surface area contributed by atoms with Crippen LogP contribution in [0.4, 0.5) is 0 Å². The molecule has 0 spiro atoms. The molecular weight excluding hydrogens is 462 g/mol. The van der Waals surface area contributed by atoms with Gasteiger partial charge in [-0.1, -0.05) is 64.4 Å². The minimum Gasteiger partial charge on any atom is -0.460 e. The molecule has 0 saturated heterocycles. The Morgan fingerprint density at radius 2 is 1.62 bits per heavy atom. The first-order valence-corrected chi connectivity index (χ1v) is 13.0. The first-order valence-electron chi connectivity index (χ1n) is 13.0. The van der Waals surface area contributed by atoms with Crippen LogP contribution in [0.15, 0.2) is 42.6 Å². The fraction of sp³-hybridized carbons (Fsp3) is 0.452. The molecule has 37 heavy (non-hydrogen) atoms. The third-order valence-corrected chi connectivity index (χ3v) is 6.47. The average molecular weight is 502 g/mol. The molecule has 0 fully saturated rings. The lowest BCUT2D eigenvalue weighted by molar-refractivity contribution is -0.155. The molecular formula is C31H39N3O3. The minimum absolute atomic E-state index is 0.0587. The van der Waals surface area contributed by atoms with E-state index in [9.17, 15) is 9.59 Å². The molecule has 6 heteroatoms. The molecule has 0 aliphatic rings. The summed E-state index contributed by atoms with van der Waals surface area (Å²) in [7, 11) is 0. The van der Waals surface area contributed by atoms with Gasteiger partial charge in [-0.25, -0.2) is 0 Å². The quantitative estimate of drug-likeness (QED) is 0.265. The topological polar surface area (TPSA) is 66.1 Å². The van der Waals surface area contributed by atoms with E-state index in [1.807, 2.05) is 41.5 Å². The van der Waals surface area contributed by atoms with Gasteiger partial charge < -0.3 is 9.30 Å². The Morgan fingerprint density at radius 3 is 2.19 bits per heavy atom. The van der Waals surface area contributed by atoms with Crippen LogP contribution in [0, 0.1) is 12.3 Å². The van der Waals surface area contributed by atoms with Crippen molar-refractivity contribution < 1.29 is 14.3 Å². The molecule has 2 heterocycles. The van der Waals surface area contributed by atoms with Crippen LogP contribution in [-0.2, 0) is 16.1 Å². The van der Waals surface area contributed by atoms with Gasteiger partial charge >= 0.3 is 5.97 Å². The SMILES string of the molecule is Cc1ccc(-c2c(C(C)C)n(CCC(=O)OC(C)(C)C)c3cc4c(cnn4C(=O)C(C)(C)C)cc23)cc1. The van der Waals surface area contributed by atoms with Gasteiger partial charge in [-0.05, 0) is 51.3 Å². The zero-order chi connectivity index (χ0) is 27.3. The number of esters is 1. The minimum atomic E-state index is -0.567. The molecule has 0 bridgehead atoms. The Labute approximate surface area is 219 Å². The van der Waals surface area contributed by atoms with Crippen molar-refractivity contribution in [2.24, 2.45) is 5.41 Å². The Hall–Kier alpha value is -3.41. The van der Waals surface area contributed by atoms with Crippen molar-refractivity contribution in [1.82, 2.24) is 14.3 Å². The summed E-state index contributed by atoms with van der Waals surface area (Å²) in [5.74, 6) is -0.0790. The predicted molar refractivity (Wildman–Crippen MR) is 150 cm³/mol. The summed E-state index contributed by atoms with van der Waals surface area (Å²) >= 11 is 0. The molecule has 6 nitrogen and oxygen atoms in total. The molecule has 0 aliphatic heterocycles. The Kier molecular flexibility index (Phi) is 6.82. The van der Waals surface area contributed by atoms with Crippen LogP contribution in [0.5, 0.6) is 0 Å². The first-order chi connectivity index (χ1) is 17.2. The van der Waals surface area contributed by atoms with E-state index < -0.39 is 11.0 Å². The van der Waals surface area contributed by atoms with Gasteiger partial charge in [-0.2, -0.15) is 9.78 Å². The number of hydrogen-bond acceptors (Lipinski definition) is 4. The monoisotopic (exact) mass is 501 g/mol. The molecule has 4 rings (SSSR count). The van der Waals surface area contributed by atoms with Crippen molar-refractivity contribution in [2.45, 2.75) is 86.8 Å². The van der Waals surface area contributed by atoms with Gasteiger partial charge in [-0.15, -0.1) is 0 Å². The van der Waals surface area contributed by atoms with Crippen LogP contribution < -0.4 is 0 Å². The average Bonchev–Trinajstić information content (AvgIpc) is 3.33. The number of ether oxygens (including phenoxy) is 1. The zero-order valence-corrected chi connectivity index (χ0v) is 23.6. The molecule has 0 N–H and O–H groups in total. The summed E-state index contributed by atoms with van der Waals surface area (Å²) < 4.78 is 9.36. The second-order valence-electron chi connectivity index (χ2n) is 12.3. The molecule has 0 amide bonds. The van der Waals surface area contributed by atoms with Gasteiger partial charge in [0.25, 0.3) is 5.91 Å². The number of fused-ring (bicyclic) bond motifs is 2. The lowest BCUT2D eigenvalue weighted by Gasteiger charge is -2.20. The van der Waals surface area contributed by atoms with E-state index in [4.69, 9.17) is 4.74 Å². The largest absolute Gasteiger partial charge is 0.460 e. The van der Waals surface area contributed by atoms with Crippen molar-refractivity contribution in [2.75, 3.05) is 0 Å². The van der Waals surface area contributed by atoms with Crippen LogP contribution in [0.25, 0.3) is 32.9 Å². The van der Waals surface area contributed by atoms with Crippen molar-refractivity contribution in [3.63, 3.8) is 0 Å². The number of carbonyl (C=O) groups excluding carboxylic acids is 2. The van der Waals surface area contributed by atoms with Crippen LogP contribution in [0.1, 0.15) is 83.8 Å². The highest BCUT2D eigenvalue weighted by Crippen LogP contribution is 2.41. The number of aromatic nitrogens is 3. The van der Waals surface area contributed by atoms with Gasteiger partial charge in [0.15, 0.2) is 0 Å². The van der Waals surface area contributed by atoms with E-state index in [1.165, 1.54) is 10.2 Å². The standard InChI is InChI=1S/C31H39N3O3/c1-19(2)28-27(21-12-10-20(3)11-13-21)23-16-22-18-32-34(29(36)30(4,5)6)24(22)17-25(23)33(28)15-14-26(35)37-31(7,8)9/h10-13,16-19H,14-15H2,1-9H3. The number of carbonyl (C=O) groups is 2. The van der Waals surface area contributed by atoms with E-state index >= 15 is 0 Å². The number of aryl methyl sites for hydroxylation is 2. The number of benzene rings is 2. The third kappa shape index (κ3) is 5.34. The van der Waals surface area contributed by atoms with Gasteiger partial charge in [0, 0.05) is 34.0 Å². The van der Waals surface area contributed by atoms with Crippen LogP contribution in [-0.4, -0.2) is 31.8 Å². The number of nitrogens with zero attached hydrogens (tertiary/aromatic N) is 3. The van der Waals surface area contributed by atoms with Crippen LogP contribution in [0.3, 0.4) is 0 Å². The molecule has 0 atom stereocenters. The van der Waals surface area contributed by atoms with Crippen molar-refractivity contribution in [1.29, 1.82) is 0 Å². The lowest BCUT2D eigenvalue weighted by atomic mass is 9.95. The summed E-state index contributed by atoms with van der Waals surface area (Å²) in [5.41, 5.74) is 5.31. The molecule has 0 unspecified atom stereocenters. The summed E-state index contributed by atoms with van der Waals surface area (Å²) in [5, 5.41) is 6.47. The molecule has 2 aromatic heterocycles. The van der Waals surface area contributed by atoms with Gasteiger partial charge in [0.1, 0.15) is 5.60 Å². The fourth-order valence-corrected chi connectivity index (χ4v) is 4.83. The summed E-state index contributed by atoms with van der Waals surface area (Å²) in [4.78, 5) is 25.9. The zero-order valence-electron chi connectivity index (χ0n) is 23.6. The smallest absolute Gasteiger partial charge is 0.308 e. The summed E-state index contributed by atoms with van der Waals surface area (Å²) in [6.07, 6.45) is 2.02. The normalized spacial score (nSPS) is 12.6. The Bertz CT molecular complexity index is 1470. The van der Waals surface area contributed by atoms with Crippen molar-refractivity contribution in [3.05, 3.63) is 53.9 Å². The third-order valence-electron chi connectivity index (χ3n) is 6.47. The van der Waals surface area contributed by atoms with Crippen molar-refractivity contribution in [3.8, 4) is 11.1 Å². The molecule has 196 valence electrons.